The molecule has 0 rings (SSSR count). The number of carbonyl (C=O) groups excluding carboxylic acids is 1. The van der Waals surface area contributed by atoms with Crippen LogP contribution in [0.2, 0.25) is 0 Å². The number of hydrogen-bond acceptors (Lipinski definition) is 3. The molecule has 0 atom stereocenters. The van der Waals surface area contributed by atoms with Gasteiger partial charge in [0.25, 0.3) is 0 Å². The summed E-state index contributed by atoms with van der Waals surface area (Å²) < 4.78 is 0. The minimum absolute atomic E-state index is 0.401. The van der Waals surface area contributed by atoms with Crippen molar-refractivity contribution in [2.24, 2.45) is 5.16 Å². The number of carbonyl (C=O) groups is 1. The summed E-state index contributed by atoms with van der Waals surface area (Å²) in [6.45, 7) is 1.60. The molecule has 0 aliphatic rings. The molecule has 0 aromatic carbocycles. The van der Waals surface area contributed by atoms with Crippen LogP contribution in [0.25, 0.3) is 0 Å². The molecule has 52 valence electrons. The normalized spacial score (nSPS) is 10.8. The maximum Gasteiger partial charge on any atom is 0.433 e. The van der Waals surface area contributed by atoms with Crippen LogP contribution in [0.3, 0.4) is 0 Å². The summed E-state index contributed by atoms with van der Waals surface area (Å²) in [6.07, 6.45) is -0.594. The molecule has 0 heterocycles. The quantitative estimate of drug-likeness (QED) is 0.188. The summed E-state index contributed by atoms with van der Waals surface area (Å²) >= 11 is 3.76. The Kier molecular flexibility index (Phi) is 3.87. The SMILES string of the molecule is CNC(=O)ON=C(C)S. The van der Waals surface area contributed by atoms with Gasteiger partial charge in [-0.3, -0.25) is 4.84 Å². The minimum Gasteiger partial charge on any atom is -0.323 e. The van der Waals surface area contributed by atoms with Crippen LogP contribution in [0.5, 0.6) is 0 Å². The first-order chi connectivity index (χ1) is 4.16. The van der Waals surface area contributed by atoms with E-state index < -0.39 is 6.09 Å². The van der Waals surface area contributed by atoms with Crippen LogP contribution in [0, 0.1) is 0 Å². The zero-order chi connectivity index (χ0) is 7.28. The van der Waals surface area contributed by atoms with Crippen LogP contribution in [-0.4, -0.2) is 18.2 Å². The lowest BCUT2D eigenvalue weighted by Crippen LogP contribution is -2.16. The first-order valence-corrected chi connectivity index (χ1v) is 2.74. The van der Waals surface area contributed by atoms with E-state index in [1.165, 1.54) is 7.05 Å². The Morgan fingerprint density at radius 3 is 2.67 bits per heavy atom. The lowest BCUT2D eigenvalue weighted by molar-refractivity contribution is 0.153. The van der Waals surface area contributed by atoms with Gasteiger partial charge in [0.05, 0.1) is 0 Å². The highest BCUT2D eigenvalue weighted by molar-refractivity contribution is 7.96. The molecule has 1 N–H and O–H groups in total. The van der Waals surface area contributed by atoms with Crippen molar-refractivity contribution in [3.63, 3.8) is 0 Å². The summed E-state index contributed by atoms with van der Waals surface area (Å²) in [6, 6.07) is 0. The van der Waals surface area contributed by atoms with E-state index in [0.29, 0.717) is 5.04 Å². The Balaban J connectivity index is 3.50. The fraction of sp³-hybridized carbons (Fsp3) is 0.500. The molecule has 4 nitrogen and oxygen atoms in total. The van der Waals surface area contributed by atoms with Crippen molar-refractivity contribution in [3.8, 4) is 0 Å². The van der Waals surface area contributed by atoms with Gasteiger partial charge in [-0.25, -0.2) is 4.79 Å². The standard InChI is InChI=1S/C4H8N2O2S/c1-3(9)6-8-4(7)5-2/h1-2H3,(H,5,7)(H,6,9). The van der Waals surface area contributed by atoms with Gasteiger partial charge in [-0.2, -0.15) is 0 Å². The molecule has 0 radical (unpaired) electrons. The van der Waals surface area contributed by atoms with Gasteiger partial charge in [0, 0.05) is 7.05 Å². The maximum absolute atomic E-state index is 10.2. The Labute approximate surface area is 58.7 Å². The van der Waals surface area contributed by atoms with E-state index in [2.05, 4.69) is 27.9 Å². The average molecular weight is 148 g/mol. The van der Waals surface area contributed by atoms with Crippen molar-refractivity contribution in [1.82, 2.24) is 5.32 Å². The largest absolute Gasteiger partial charge is 0.433 e. The molecule has 0 aliphatic heterocycles. The van der Waals surface area contributed by atoms with Crippen LogP contribution in [0.4, 0.5) is 4.79 Å². The summed E-state index contributed by atoms with van der Waals surface area (Å²) in [5, 5.41) is 5.88. The molecule has 0 spiro atoms. The second kappa shape index (κ2) is 4.20. The summed E-state index contributed by atoms with van der Waals surface area (Å²) in [7, 11) is 1.45. The highest BCUT2D eigenvalue weighted by atomic mass is 32.1. The number of oxime groups is 1. The molecule has 9 heavy (non-hydrogen) atoms. The van der Waals surface area contributed by atoms with Crippen molar-refractivity contribution in [2.75, 3.05) is 7.05 Å². The Morgan fingerprint density at radius 2 is 2.33 bits per heavy atom. The van der Waals surface area contributed by atoms with Crippen molar-refractivity contribution < 1.29 is 9.63 Å². The van der Waals surface area contributed by atoms with Gasteiger partial charge in [-0.15, -0.1) is 12.6 Å². The smallest absolute Gasteiger partial charge is 0.323 e. The number of nitrogens with one attached hydrogen (secondary N) is 1. The molecule has 0 aliphatic carbocycles. The van der Waals surface area contributed by atoms with Gasteiger partial charge in [-0.1, -0.05) is 5.16 Å². The highest BCUT2D eigenvalue weighted by Crippen LogP contribution is 1.84. The van der Waals surface area contributed by atoms with Gasteiger partial charge in [0.1, 0.15) is 5.04 Å². The third-order valence-corrected chi connectivity index (χ3v) is 0.546. The second-order valence-corrected chi connectivity index (χ2v) is 1.91. The van der Waals surface area contributed by atoms with Gasteiger partial charge < -0.3 is 5.32 Å². The second-order valence-electron chi connectivity index (χ2n) is 1.27. The molecule has 1 amide bonds. The zero-order valence-electron chi connectivity index (χ0n) is 5.21. The fourth-order valence-corrected chi connectivity index (χ4v) is 0.194. The van der Waals surface area contributed by atoms with Crippen LogP contribution >= 0.6 is 12.6 Å². The molecule has 5 heteroatoms. The van der Waals surface area contributed by atoms with Crippen molar-refractivity contribution in [1.29, 1.82) is 0 Å². The lowest BCUT2D eigenvalue weighted by atomic mass is 10.9. The third kappa shape index (κ3) is 5.16. The molecule has 0 aromatic rings. The molecule has 0 bridgehead atoms. The van der Waals surface area contributed by atoms with Crippen LogP contribution in [0.1, 0.15) is 6.92 Å². The fourth-order valence-electron chi connectivity index (χ4n) is 0.153. The number of nitrogens with zero attached hydrogens (tertiary/aromatic N) is 1. The molecule has 0 aromatic heterocycles. The number of amides is 1. The number of rotatable bonds is 1. The maximum atomic E-state index is 10.2. The van der Waals surface area contributed by atoms with Gasteiger partial charge in [-0.05, 0) is 6.92 Å². The molecule has 0 fully saturated rings. The van der Waals surface area contributed by atoms with E-state index in [9.17, 15) is 4.79 Å². The van der Waals surface area contributed by atoms with E-state index in [4.69, 9.17) is 0 Å². The Hall–Kier alpha value is -0.710. The summed E-state index contributed by atoms with van der Waals surface area (Å²) in [5.74, 6) is 0. The molecular formula is C4H8N2O2S. The van der Waals surface area contributed by atoms with Gasteiger partial charge in [0.2, 0.25) is 0 Å². The van der Waals surface area contributed by atoms with Crippen molar-refractivity contribution in [2.45, 2.75) is 6.92 Å². The topological polar surface area (TPSA) is 50.7 Å². The van der Waals surface area contributed by atoms with Crippen LogP contribution in [-0.2, 0) is 4.84 Å². The average Bonchev–Trinajstić information content (AvgIpc) is 1.83. The van der Waals surface area contributed by atoms with Crippen LogP contribution < -0.4 is 5.32 Å². The lowest BCUT2D eigenvalue weighted by Gasteiger charge is -1.92. The molecule has 0 saturated carbocycles. The van der Waals surface area contributed by atoms with E-state index in [1.807, 2.05) is 0 Å². The van der Waals surface area contributed by atoms with Gasteiger partial charge >= 0.3 is 6.09 Å². The number of hydrogen-bond donors (Lipinski definition) is 2. The number of thiol groups is 1. The predicted octanol–water partition coefficient (Wildman–Crippen LogP) is 0.606. The van der Waals surface area contributed by atoms with E-state index in [1.54, 1.807) is 6.92 Å². The summed E-state index contributed by atoms with van der Waals surface area (Å²) in [5.41, 5.74) is 0. The van der Waals surface area contributed by atoms with E-state index in [0.717, 1.165) is 0 Å². The zero-order valence-corrected chi connectivity index (χ0v) is 6.11. The predicted molar refractivity (Wildman–Crippen MR) is 37.6 cm³/mol. The van der Waals surface area contributed by atoms with E-state index in [-0.39, 0.29) is 0 Å². The Bertz CT molecular complexity index is 131. The molecule has 0 unspecified atom stereocenters. The monoisotopic (exact) mass is 148 g/mol. The van der Waals surface area contributed by atoms with Crippen molar-refractivity contribution >= 4 is 23.8 Å². The first-order valence-electron chi connectivity index (χ1n) is 2.29. The Morgan fingerprint density at radius 1 is 1.78 bits per heavy atom. The highest BCUT2D eigenvalue weighted by Gasteiger charge is 1.92. The van der Waals surface area contributed by atoms with E-state index >= 15 is 0 Å². The molecule has 0 saturated heterocycles. The summed E-state index contributed by atoms with van der Waals surface area (Å²) in [4.78, 5) is 14.5. The van der Waals surface area contributed by atoms with Crippen molar-refractivity contribution in [3.05, 3.63) is 0 Å². The first kappa shape index (κ1) is 8.29. The van der Waals surface area contributed by atoms with Crippen LogP contribution in [0.15, 0.2) is 5.16 Å². The molecular weight excluding hydrogens is 140 g/mol. The minimum atomic E-state index is -0.594. The van der Waals surface area contributed by atoms with Gasteiger partial charge in [0.15, 0.2) is 0 Å². The third-order valence-electron chi connectivity index (χ3n) is 0.465.